The van der Waals surface area contributed by atoms with Gasteiger partial charge in [0.05, 0.1) is 0 Å². The van der Waals surface area contributed by atoms with E-state index >= 15 is 0 Å². The van der Waals surface area contributed by atoms with Crippen LogP contribution in [0, 0.1) is 16.2 Å². The normalized spacial score (nSPS) is 13.6. The fraction of sp³-hybridized carbons (Fsp3) is 0.867. The minimum Gasteiger partial charge on any atom is -0.299 e. The second-order valence-electron chi connectivity index (χ2n) is 7.40. The maximum absolute atomic E-state index is 11.6. The van der Waals surface area contributed by atoms with Gasteiger partial charge < -0.3 is 0 Å². The van der Waals surface area contributed by atoms with E-state index in [-0.39, 0.29) is 27.8 Å². The second-order valence-corrected chi connectivity index (χ2v) is 7.40. The van der Waals surface area contributed by atoms with Crippen LogP contribution in [0.15, 0.2) is 0 Å². The first-order valence-electron chi connectivity index (χ1n) is 6.32. The Bertz CT molecular complexity index is 279. The Kier molecular flexibility index (Phi) is 4.72. The molecular formula is C15H28O2. The molecule has 0 unspecified atom stereocenters. The molecule has 0 atom stereocenters. The topological polar surface area (TPSA) is 34.1 Å². The molecule has 0 amide bonds. The van der Waals surface area contributed by atoms with Gasteiger partial charge in [0.1, 0.15) is 11.6 Å². The molecule has 0 bridgehead atoms. The molecule has 0 radical (unpaired) electrons. The Morgan fingerprint density at radius 2 is 0.941 bits per heavy atom. The lowest BCUT2D eigenvalue weighted by atomic mass is 9.66. The molecule has 0 heterocycles. The summed E-state index contributed by atoms with van der Waals surface area (Å²) in [4.78, 5) is 23.2. The first kappa shape index (κ1) is 16.3. The van der Waals surface area contributed by atoms with Crippen molar-refractivity contribution in [2.75, 3.05) is 0 Å². The van der Waals surface area contributed by atoms with Crippen LogP contribution in [0.2, 0.25) is 0 Å². The summed E-state index contributed by atoms with van der Waals surface area (Å²) < 4.78 is 0. The van der Waals surface area contributed by atoms with Gasteiger partial charge in [-0.3, -0.25) is 9.59 Å². The standard InChI is InChI=1S/C15H28O2/c1-11(16)14(5,6)9-13(3,4)10-15(7,8)12(2)17/h9-10H2,1-8H3. The lowest BCUT2D eigenvalue weighted by Gasteiger charge is -2.38. The van der Waals surface area contributed by atoms with E-state index in [0.29, 0.717) is 0 Å². The van der Waals surface area contributed by atoms with Crippen molar-refractivity contribution in [2.45, 2.75) is 68.2 Å². The number of rotatable bonds is 6. The predicted molar refractivity (Wildman–Crippen MR) is 71.9 cm³/mol. The van der Waals surface area contributed by atoms with E-state index in [4.69, 9.17) is 0 Å². The van der Waals surface area contributed by atoms with Crippen LogP contribution in [0.25, 0.3) is 0 Å². The third-order valence-corrected chi connectivity index (χ3v) is 3.75. The number of carbonyl (C=O) groups excluding carboxylic acids is 2. The molecule has 2 heteroatoms. The smallest absolute Gasteiger partial charge is 0.135 e. The van der Waals surface area contributed by atoms with Crippen LogP contribution in [0.1, 0.15) is 68.2 Å². The minimum atomic E-state index is -0.309. The van der Waals surface area contributed by atoms with Crippen molar-refractivity contribution >= 4 is 11.6 Å². The van der Waals surface area contributed by atoms with Crippen LogP contribution in [-0.4, -0.2) is 11.6 Å². The Labute approximate surface area is 106 Å². The third-order valence-electron chi connectivity index (χ3n) is 3.75. The van der Waals surface area contributed by atoms with Gasteiger partial charge in [-0.05, 0) is 32.1 Å². The van der Waals surface area contributed by atoms with Crippen LogP contribution in [0.5, 0.6) is 0 Å². The molecular weight excluding hydrogens is 212 g/mol. The van der Waals surface area contributed by atoms with Gasteiger partial charge in [-0.2, -0.15) is 0 Å². The fourth-order valence-electron chi connectivity index (χ4n) is 2.70. The highest BCUT2D eigenvalue weighted by Crippen LogP contribution is 2.42. The van der Waals surface area contributed by atoms with Gasteiger partial charge in [-0.15, -0.1) is 0 Å². The summed E-state index contributed by atoms with van der Waals surface area (Å²) in [5.41, 5.74) is -0.628. The van der Waals surface area contributed by atoms with E-state index in [1.807, 2.05) is 27.7 Å². The Hall–Kier alpha value is -0.660. The van der Waals surface area contributed by atoms with Gasteiger partial charge in [0.2, 0.25) is 0 Å². The number of hydrogen-bond donors (Lipinski definition) is 0. The third kappa shape index (κ3) is 5.01. The van der Waals surface area contributed by atoms with Crippen molar-refractivity contribution in [3.8, 4) is 0 Å². The van der Waals surface area contributed by atoms with Gasteiger partial charge in [-0.1, -0.05) is 41.5 Å². The summed E-state index contributed by atoms with van der Waals surface area (Å²) in [6.45, 7) is 15.5. The molecule has 0 aromatic rings. The van der Waals surface area contributed by atoms with Crippen LogP contribution in [-0.2, 0) is 9.59 Å². The average molecular weight is 240 g/mol. The van der Waals surface area contributed by atoms with E-state index < -0.39 is 0 Å². The number of carbonyl (C=O) groups is 2. The molecule has 0 fully saturated rings. The molecule has 0 aliphatic rings. The highest BCUT2D eigenvalue weighted by atomic mass is 16.1. The van der Waals surface area contributed by atoms with Gasteiger partial charge in [0.15, 0.2) is 0 Å². The first-order chi connectivity index (χ1) is 7.30. The monoisotopic (exact) mass is 240 g/mol. The molecule has 0 rings (SSSR count). The molecule has 0 aromatic carbocycles. The summed E-state index contributed by atoms with van der Waals surface area (Å²) in [6, 6.07) is 0. The lowest BCUT2D eigenvalue weighted by molar-refractivity contribution is -0.128. The molecule has 0 N–H and O–H groups in total. The lowest BCUT2D eigenvalue weighted by Crippen LogP contribution is -2.34. The predicted octanol–water partition coefficient (Wildman–Crippen LogP) is 4.02. The number of hydrogen-bond acceptors (Lipinski definition) is 2. The molecule has 0 saturated heterocycles. The maximum atomic E-state index is 11.6. The van der Waals surface area contributed by atoms with Crippen molar-refractivity contribution in [2.24, 2.45) is 16.2 Å². The van der Waals surface area contributed by atoms with E-state index in [1.165, 1.54) is 0 Å². The first-order valence-corrected chi connectivity index (χ1v) is 6.32. The van der Waals surface area contributed by atoms with E-state index in [9.17, 15) is 9.59 Å². The van der Waals surface area contributed by atoms with Gasteiger partial charge in [-0.25, -0.2) is 0 Å². The van der Waals surface area contributed by atoms with Crippen molar-refractivity contribution in [3.63, 3.8) is 0 Å². The Morgan fingerprint density at radius 3 is 1.12 bits per heavy atom. The van der Waals surface area contributed by atoms with Crippen molar-refractivity contribution < 1.29 is 9.59 Å². The average Bonchev–Trinajstić information content (AvgIpc) is 1.98. The second kappa shape index (κ2) is 4.91. The summed E-state index contributed by atoms with van der Waals surface area (Å²) in [6.07, 6.45) is 1.62. The molecule has 2 nitrogen and oxygen atoms in total. The summed E-state index contributed by atoms with van der Waals surface area (Å²) in [5, 5.41) is 0. The van der Waals surface area contributed by atoms with Crippen LogP contribution in [0.3, 0.4) is 0 Å². The molecule has 0 saturated carbocycles. The molecule has 0 aliphatic heterocycles. The number of ketones is 2. The molecule has 0 aromatic heterocycles. The van der Waals surface area contributed by atoms with Crippen LogP contribution in [0.4, 0.5) is 0 Å². The van der Waals surface area contributed by atoms with Gasteiger partial charge in [0, 0.05) is 10.8 Å². The molecule has 0 spiro atoms. The van der Waals surface area contributed by atoms with Gasteiger partial charge in [0.25, 0.3) is 0 Å². The SMILES string of the molecule is CC(=O)C(C)(C)CC(C)(C)CC(C)(C)C(C)=O. The van der Waals surface area contributed by atoms with E-state index in [0.717, 1.165) is 12.8 Å². The summed E-state index contributed by atoms with van der Waals surface area (Å²) in [7, 11) is 0. The van der Waals surface area contributed by atoms with Gasteiger partial charge >= 0.3 is 0 Å². The maximum Gasteiger partial charge on any atom is 0.135 e. The zero-order valence-electron chi connectivity index (χ0n) is 12.7. The van der Waals surface area contributed by atoms with Crippen LogP contribution >= 0.6 is 0 Å². The minimum absolute atomic E-state index is 0.00958. The van der Waals surface area contributed by atoms with E-state index in [1.54, 1.807) is 13.8 Å². The quantitative estimate of drug-likeness (QED) is 0.702. The molecule has 17 heavy (non-hydrogen) atoms. The summed E-state index contributed by atoms with van der Waals surface area (Å²) >= 11 is 0. The summed E-state index contributed by atoms with van der Waals surface area (Å²) in [5.74, 6) is 0.428. The van der Waals surface area contributed by atoms with Crippen molar-refractivity contribution in [1.82, 2.24) is 0 Å². The molecule has 100 valence electrons. The fourth-order valence-corrected chi connectivity index (χ4v) is 2.70. The highest BCUT2D eigenvalue weighted by molar-refractivity contribution is 5.82. The zero-order chi connectivity index (χ0) is 14.1. The van der Waals surface area contributed by atoms with E-state index in [2.05, 4.69) is 13.8 Å². The largest absolute Gasteiger partial charge is 0.299 e. The highest BCUT2D eigenvalue weighted by Gasteiger charge is 2.37. The molecule has 0 aliphatic carbocycles. The van der Waals surface area contributed by atoms with Crippen molar-refractivity contribution in [3.05, 3.63) is 0 Å². The number of Topliss-reactive ketones (excluding diaryl/α,β-unsaturated/α-hetero) is 2. The Balaban J connectivity index is 4.82. The van der Waals surface area contributed by atoms with Crippen LogP contribution < -0.4 is 0 Å². The van der Waals surface area contributed by atoms with Crippen molar-refractivity contribution in [1.29, 1.82) is 0 Å². The zero-order valence-corrected chi connectivity index (χ0v) is 12.7. The Morgan fingerprint density at radius 1 is 0.706 bits per heavy atom.